The minimum atomic E-state index is -0.121. The van der Waals surface area contributed by atoms with Crippen molar-refractivity contribution in [2.45, 2.75) is 50.6 Å². The molecule has 2 atom stereocenters. The average molecular weight is 309 g/mol. The summed E-state index contributed by atoms with van der Waals surface area (Å²) in [6, 6.07) is 21.3. The molecule has 0 radical (unpaired) electrons. The van der Waals surface area contributed by atoms with Crippen LogP contribution in [0.1, 0.15) is 55.7 Å². The molecule has 1 heterocycles. The minimum Gasteiger partial charge on any atom is -0.236 e. The van der Waals surface area contributed by atoms with Crippen LogP contribution >= 0.6 is 0 Å². The van der Waals surface area contributed by atoms with E-state index >= 15 is 0 Å². The van der Waals surface area contributed by atoms with E-state index in [0.717, 1.165) is 11.1 Å². The van der Waals surface area contributed by atoms with E-state index in [1.54, 1.807) is 0 Å². The fraction of sp³-hybridized carbons (Fsp3) is 0.400. The smallest absolute Gasteiger partial charge is 0.174 e. The summed E-state index contributed by atoms with van der Waals surface area (Å²) in [4.78, 5) is 14.0. The molecule has 2 fully saturated rings. The summed E-state index contributed by atoms with van der Waals surface area (Å²) in [5.74, 6) is 0. The number of hydrogen-bond acceptors (Lipinski definition) is 3. The highest BCUT2D eigenvalue weighted by Crippen LogP contribution is 2.44. The maximum Gasteiger partial charge on any atom is 0.174 e. The van der Waals surface area contributed by atoms with Gasteiger partial charge < -0.3 is 0 Å². The summed E-state index contributed by atoms with van der Waals surface area (Å²) in [7, 11) is 0. The molecule has 3 nitrogen and oxygen atoms in total. The van der Waals surface area contributed by atoms with Crippen LogP contribution in [-0.2, 0) is 9.78 Å². The SMILES string of the molecule is c1ccc(C2OOC(c3ccccc3)N2C2CCCCC2)cc1. The van der Waals surface area contributed by atoms with Gasteiger partial charge in [-0.3, -0.25) is 0 Å². The standard InChI is InChI=1S/C20H23NO2/c1-4-10-16(11-5-1)19-21(18-14-8-3-9-15-18)20(23-22-19)17-12-6-2-7-13-17/h1-2,4-7,10-13,18-20H,3,8-9,14-15H2. The zero-order chi connectivity index (χ0) is 15.5. The van der Waals surface area contributed by atoms with Crippen LogP contribution in [0.5, 0.6) is 0 Å². The molecule has 4 rings (SSSR count). The van der Waals surface area contributed by atoms with Gasteiger partial charge in [0, 0.05) is 6.04 Å². The monoisotopic (exact) mass is 309 g/mol. The van der Waals surface area contributed by atoms with Crippen LogP contribution in [0.15, 0.2) is 60.7 Å². The lowest BCUT2D eigenvalue weighted by atomic mass is 9.92. The molecule has 1 aliphatic heterocycles. The summed E-state index contributed by atoms with van der Waals surface area (Å²) in [5.41, 5.74) is 2.33. The van der Waals surface area contributed by atoms with Crippen LogP contribution < -0.4 is 0 Å². The summed E-state index contributed by atoms with van der Waals surface area (Å²) < 4.78 is 0. The quantitative estimate of drug-likeness (QED) is 0.746. The molecule has 23 heavy (non-hydrogen) atoms. The predicted molar refractivity (Wildman–Crippen MR) is 89.2 cm³/mol. The Balaban J connectivity index is 1.67. The average Bonchev–Trinajstić information content (AvgIpc) is 3.09. The molecule has 0 amide bonds. The van der Waals surface area contributed by atoms with Crippen molar-refractivity contribution in [3.05, 3.63) is 71.8 Å². The van der Waals surface area contributed by atoms with Gasteiger partial charge >= 0.3 is 0 Å². The molecule has 1 aliphatic carbocycles. The maximum atomic E-state index is 5.80. The van der Waals surface area contributed by atoms with Gasteiger partial charge in [-0.2, -0.15) is 0 Å². The molecular weight excluding hydrogens is 286 g/mol. The largest absolute Gasteiger partial charge is 0.236 e. The molecule has 3 heteroatoms. The van der Waals surface area contributed by atoms with Crippen molar-refractivity contribution in [2.75, 3.05) is 0 Å². The lowest BCUT2D eigenvalue weighted by Crippen LogP contribution is -2.38. The molecule has 2 aromatic carbocycles. The van der Waals surface area contributed by atoms with Crippen LogP contribution in [-0.4, -0.2) is 10.9 Å². The van der Waals surface area contributed by atoms with Crippen molar-refractivity contribution >= 4 is 0 Å². The van der Waals surface area contributed by atoms with E-state index in [2.05, 4.69) is 53.4 Å². The van der Waals surface area contributed by atoms with Crippen molar-refractivity contribution in [2.24, 2.45) is 0 Å². The van der Waals surface area contributed by atoms with Gasteiger partial charge in [0.2, 0.25) is 0 Å². The van der Waals surface area contributed by atoms with Gasteiger partial charge in [0.1, 0.15) is 0 Å². The number of benzene rings is 2. The first-order valence-electron chi connectivity index (χ1n) is 8.63. The molecule has 120 valence electrons. The van der Waals surface area contributed by atoms with Crippen molar-refractivity contribution < 1.29 is 9.78 Å². The van der Waals surface area contributed by atoms with Crippen LogP contribution in [0, 0.1) is 0 Å². The van der Waals surface area contributed by atoms with Crippen LogP contribution in [0.25, 0.3) is 0 Å². The minimum absolute atomic E-state index is 0.121. The topological polar surface area (TPSA) is 21.7 Å². The Morgan fingerprint density at radius 3 is 1.61 bits per heavy atom. The predicted octanol–water partition coefficient (Wildman–Crippen LogP) is 4.98. The zero-order valence-electron chi connectivity index (χ0n) is 13.3. The van der Waals surface area contributed by atoms with Gasteiger partial charge in [0.25, 0.3) is 0 Å². The highest BCUT2D eigenvalue weighted by molar-refractivity contribution is 5.22. The Bertz CT molecular complexity index is 563. The summed E-state index contributed by atoms with van der Waals surface area (Å²) in [6.45, 7) is 0. The first-order valence-corrected chi connectivity index (χ1v) is 8.63. The molecule has 0 spiro atoms. The lowest BCUT2D eigenvalue weighted by molar-refractivity contribution is -0.300. The Morgan fingerprint density at radius 1 is 0.652 bits per heavy atom. The Hall–Kier alpha value is -1.68. The van der Waals surface area contributed by atoms with Gasteiger partial charge in [0.15, 0.2) is 12.5 Å². The highest BCUT2D eigenvalue weighted by Gasteiger charge is 2.42. The van der Waals surface area contributed by atoms with Crippen molar-refractivity contribution in [3.63, 3.8) is 0 Å². The van der Waals surface area contributed by atoms with Crippen molar-refractivity contribution in [3.8, 4) is 0 Å². The first-order chi connectivity index (χ1) is 11.4. The zero-order valence-corrected chi connectivity index (χ0v) is 13.3. The maximum absolute atomic E-state index is 5.80. The Kier molecular flexibility index (Phi) is 4.42. The number of nitrogens with zero attached hydrogens (tertiary/aromatic N) is 1. The van der Waals surface area contributed by atoms with Crippen LogP contribution in [0.2, 0.25) is 0 Å². The third kappa shape index (κ3) is 3.05. The molecule has 0 N–H and O–H groups in total. The van der Waals surface area contributed by atoms with E-state index in [0.29, 0.717) is 6.04 Å². The Labute approximate surface area is 137 Å². The first kappa shape index (κ1) is 14.9. The summed E-state index contributed by atoms with van der Waals surface area (Å²) in [5, 5.41) is 0. The highest BCUT2D eigenvalue weighted by atomic mass is 17.2. The Morgan fingerprint density at radius 2 is 1.13 bits per heavy atom. The third-order valence-corrected chi connectivity index (χ3v) is 4.95. The van der Waals surface area contributed by atoms with Gasteiger partial charge in [0.05, 0.1) is 0 Å². The van der Waals surface area contributed by atoms with E-state index < -0.39 is 0 Å². The molecular formula is C20H23NO2. The molecule has 0 aromatic heterocycles. The van der Waals surface area contributed by atoms with Gasteiger partial charge in [-0.1, -0.05) is 79.9 Å². The molecule has 2 aliphatic rings. The van der Waals surface area contributed by atoms with Crippen molar-refractivity contribution in [1.82, 2.24) is 4.90 Å². The second-order valence-corrected chi connectivity index (χ2v) is 6.46. The van der Waals surface area contributed by atoms with Gasteiger partial charge in [-0.15, -0.1) is 0 Å². The van der Waals surface area contributed by atoms with Crippen LogP contribution in [0.4, 0.5) is 0 Å². The number of hydrogen-bond donors (Lipinski definition) is 0. The van der Waals surface area contributed by atoms with E-state index in [9.17, 15) is 0 Å². The van der Waals surface area contributed by atoms with Gasteiger partial charge in [-0.25, -0.2) is 14.7 Å². The molecule has 1 saturated heterocycles. The number of rotatable bonds is 3. The van der Waals surface area contributed by atoms with E-state index in [-0.39, 0.29) is 12.5 Å². The normalized spacial score (nSPS) is 26.4. The summed E-state index contributed by atoms with van der Waals surface area (Å²) in [6.07, 6.45) is 6.14. The molecule has 1 saturated carbocycles. The summed E-state index contributed by atoms with van der Waals surface area (Å²) >= 11 is 0. The molecule has 0 bridgehead atoms. The van der Waals surface area contributed by atoms with E-state index in [1.807, 2.05) is 12.1 Å². The van der Waals surface area contributed by atoms with E-state index in [1.165, 1.54) is 32.1 Å². The second kappa shape index (κ2) is 6.83. The fourth-order valence-corrected chi connectivity index (χ4v) is 3.78. The molecule has 2 aromatic rings. The fourth-order valence-electron chi connectivity index (χ4n) is 3.78. The second-order valence-electron chi connectivity index (χ2n) is 6.46. The lowest BCUT2D eigenvalue weighted by Gasteiger charge is -2.36. The molecule has 2 unspecified atom stereocenters. The van der Waals surface area contributed by atoms with E-state index in [4.69, 9.17) is 9.78 Å². The van der Waals surface area contributed by atoms with Gasteiger partial charge in [-0.05, 0) is 24.0 Å². The van der Waals surface area contributed by atoms with Crippen LogP contribution in [0.3, 0.4) is 0 Å². The van der Waals surface area contributed by atoms with Crippen molar-refractivity contribution in [1.29, 1.82) is 0 Å². The third-order valence-electron chi connectivity index (χ3n) is 4.95.